The second-order valence-corrected chi connectivity index (χ2v) is 5.85. The zero-order chi connectivity index (χ0) is 13.9. The van der Waals surface area contributed by atoms with Gasteiger partial charge >= 0.3 is 0 Å². The van der Waals surface area contributed by atoms with Gasteiger partial charge in [-0.25, -0.2) is 0 Å². The second kappa shape index (κ2) is 5.58. The first-order valence-corrected chi connectivity index (χ1v) is 7.44. The predicted octanol–water partition coefficient (Wildman–Crippen LogP) is 4.29. The third kappa shape index (κ3) is 2.64. The monoisotopic (exact) mass is 266 g/mol. The number of rotatable bonds is 2. The molecule has 3 rings (SSSR count). The molecular formula is C18H22N2. The fraction of sp³-hybridized carbons (Fsp3) is 0.333. The second-order valence-electron chi connectivity index (χ2n) is 5.85. The fourth-order valence-electron chi connectivity index (χ4n) is 3.41. The summed E-state index contributed by atoms with van der Waals surface area (Å²) < 4.78 is 0. The summed E-state index contributed by atoms with van der Waals surface area (Å²) >= 11 is 0. The number of anilines is 2. The Kier molecular flexibility index (Phi) is 3.64. The normalized spacial score (nSPS) is 22.6. The van der Waals surface area contributed by atoms with E-state index in [1.165, 1.54) is 36.8 Å². The Morgan fingerprint density at radius 2 is 1.40 bits per heavy atom. The predicted molar refractivity (Wildman–Crippen MR) is 85.7 cm³/mol. The Balaban J connectivity index is 1.71. The lowest BCUT2D eigenvalue weighted by Crippen LogP contribution is -2.13. The van der Waals surface area contributed by atoms with Crippen molar-refractivity contribution in [3.8, 4) is 0 Å². The molecular weight excluding hydrogens is 244 g/mol. The van der Waals surface area contributed by atoms with E-state index in [9.17, 15) is 0 Å². The van der Waals surface area contributed by atoms with Gasteiger partial charge in [-0.05, 0) is 66.8 Å². The molecule has 1 aliphatic rings. The van der Waals surface area contributed by atoms with Crippen LogP contribution in [0.1, 0.15) is 48.6 Å². The molecule has 4 N–H and O–H groups in total. The highest BCUT2D eigenvalue weighted by Gasteiger charge is 2.24. The molecule has 0 spiro atoms. The highest BCUT2D eigenvalue weighted by atomic mass is 14.6. The molecule has 0 aromatic heterocycles. The summed E-state index contributed by atoms with van der Waals surface area (Å²) in [5, 5.41) is 0. The van der Waals surface area contributed by atoms with Crippen LogP contribution in [0.3, 0.4) is 0 Å². The van der Waals surface area contributed by atoms with Crippen molar-refractivity contribution in [2.45, 2.75) is 37.5 Å². The smallest absolute Gasteiger partial charge is 0.0350 e. The Morgan fingerprint density at radius 3 is 2.10 bits per heavy atom. The van der Waals surface area contributed by atoms with Crippen molar-refractivity contribution in [2.75, 3.05) is 11.5 Å². The number of nitrogens with two attached hydrogens (primary N) is 2. The average molecular weight is 266 g/mol. The molecule has 1 aliphatic carbocycles. The van der Waals surface area contributed by atoms with E-state index in [0.717, 1.165) is 11.4 Å². The van der Waals surface area contributed by atoms with E-state index in [1.807, 2.05) is 12.1 Å². The molecule has 2 aromatic carbocycles. The molecule has 2 aromatic rings. The Labute approximate surface area is 120 Å². The van der Waals surface area contributed by atoms with E-state index < -0.39 is 0 Å². The van der Waals surface area contributed by atoms with Crippen molar-refractivity contribution in [3.63, 3.8) is 0 Å². The van der Waals surface area contributed by atoms with Crippen molar-refractivity contribution in [3.05, 3.63) is 59.7 Å². The molecule has 0 bridgehead atoms. The minimum absolute atomic E-state index is 0.568. The van der Waals surface area contributed by atoms with Crippen LogP contribution in [0.4, 0.5) is 11.4 Å². The zero-order valence-corrected chi connectivity index (χ0v) is 11.8. The largest absolute Gasteiger partial charge is 0.399 e. The molecule has 1 saturated carbocycles. The van der Waals surface area contributed by atoms with Gasteiger partial charge in [0, 0.05) is 11.4 Å². The van der Waals surface area contributed by atoms with Gasteiger partial charge in [0.25, 0.3) is 0 Å². The maximum atomic E-state index is 6.11. The Morgan fingerprint density at radius 1 is 0.750 bits per heavy atom. The van der Waals surface area contributed by atoms with Gasteiger partial charge in [-0.15, -0.1) is 0 Å². The first kappa shape index (κ1) is 13.0. The molecule has 1 fully saturated rings. The van der Waals surface area contributed by atoms with E-state index in [-0.39, 0.29) is 0 Å². The molecule has 0 aliphatic heterocycles. The molecule has 104 valence electrons. The van der Waals surface area contributed by atoms with Gasteiger partial charge in [-0.2, -0.15) is 0 Å². The van der Waals surface area contributed by atoms with Crippen LogP contribution in [0, 0.1) is 0 Å². The van der Waals surface area contributed by atoms with Crippen molar-refractivity contribution >= 4 is 11.4 Å². The van der Waals surface area contributed by atoms with E-state index >= 15 is 0 Å². The first-order chi connectivity index (χ1) is 9.74. The molecule has 0 atom stereocenters. The van der Waals surface area contributed by atoms with Crippen LogP contribution >= 0.6 is 0 Å². The van der Waals surface area contributed by atoms with Crippen LogP contribution in [-0.4, -0.2) is 0 Å². The van der Waals surface area contributed by atoms with Gasteiger partial charge in [0.15, 0.2) is 0 Å². The number of benzene rings is 2. The molecule has 0 radical (unpaired) electrons. The Hall–Kier alpha value is -1.96. The lowest BCUT2D eigenvalue weighted by molar-refractivity contribution is 0.397. The quantitative estimate of drug-likeness (QED) is 0.796. The van der Waals surface area contributed by atoms with Crippen LogP contribution in [0.25, 0.3) is 0 Å². The highest BCUT2D eigenvalue weighted by molar-refractivity contribution is 5.56. The number of nitrogen functional groups attached to an aromatic ring is 2. The van der Waals surface area contributed by atoms with Gasteiger partial charge in [0.2, 0.25) is 0 Å². The van der Waals surface area contributed by atoms with Gasteiger partial charge in [-0.3, -0.25) is 0 Å². The summed E-state index contributed by atoms with van der Waals surface area (Å²) in [5.74, 6) is 1.27. The SMILES string of the molecule is Nc1ccc(N)c(C2CCC(c3ccccc3)CC2)c1. The summed E-state index contributed by atoms with van der Waals surface area (Å²) in [6.45, 7) is 0. The van der Waals surface area contributed by atoms with Crippen molar-refractivity contribution < 1.29 is 0 Å². The third-order valence-electron chi connectivity index (χ3n) is 4.55. The van der Waals surface area contributed by atoms with E-state index in [1.54, 1.807) is 0 Å². The summed E-state index contributed by atoms with van der Waals surface area (Å²) in [5.41, 5.74) is 16.4. The summed E-state index contributed by atoms with van der Waals surface area (Å²) in [7, 11) is 0. The topological polar surface area (TPSA) is 52.0 Å². The van der Waals surface area contributed by atoms with Crippen LogP contribution in [0.15, 0.2) is 48.5 Å². The fourth-order valence-corrected chi connectivity index (χ4v) is 3.41. The van der Waals surface area contributed by atoms with E-state index in [2.05, 4.69) is 36.4 Å². The van der Waals surface area contributed by atoms with Crippen LogP contribution in [-0.2, 0) is 0 Å². The van der Waals surface area contributed by atoms with Crippen LogP contribution in [0.2, 0.25) is 0 Å². The van der Waals surface area contributed by atoms with Crippen LogP contribution in [0.5, 0.6) is 0 Å². The highest BCUT2D eigenvalue weighted by Crippen LogP contribution is 2.42. The van der Waals surface area contributed by atoms with E-state index in [4.69, 9.17) is 11.5 Å². The first-order valence-electron chi connectivity index (χ1n) is 7.44. The van der Waals surface area contributed by atoms with Crippen LogP contribution < -0.4 is 11.5 Å². The zero-order valence-electron chi connectivity index (χ0n) is 11.8. The van der Waals surface area contributed by atoms with Crippen molar-refractivity contribution in [1.82, 2.24) is 0 Å². The van der Waals surface area contributed by atoms with Gasteiger partial charge < -0.3 is 11.5 Å². The molecule has 20 heavy (non-hydrogen) atoms. The molecule has 0 heterocycles. The molecule has 0 amide bonds. The van der Waals surface area contributed by atoms with E-state index in [0.29, 0.717) is 11.8 Å². The molecule has 0 unspecified atom stereocenters. The number of hydrogen-bond acceptors (Lipinski definition) is 2. The minimum Gasteiger partial charge on any atom is -0.399 e. The van der Waals surface area contributed by atoms with Gasteiger partial charge in [-0.1, -0.05) is 30.3 Å². The summed E-state index contributed by atoms with van der Waals surface area (Å²) in [6.07, 6.45) is 4.88. The maximum Gasteiger partial charge on any atom is 0.0350 e. The number of hydrogen-bond donors (Lipinski definition) is 2. The van der Waals surface area contributed by atoms with Crippen molar-refractivity contribution in [1.29, 1.82) is 0 Å². The Bertz CT molecular complexity index is 569. The minimum atomic E-state index is 0.568. The van der Waals surface area contributed by atoms with Gasteiger partial charge in [0.1, 0.15) is 0 Å². The lowest BCUT2D eigenvalue weighted by Gasteiger charge is -2.30. The maximum absolute atomic E-state index is 6.11. The molecule has 2 heteroatoms. The summed E-state index contributed by atoms with van der Waals surface area (Å²) in [4.78, 5) is 0. The van der Waals surface area contributed by atoms with Gasteiger partial charge in [0.05, 0.1) is 0 Å². The molecule has 2 nitrogen and oxygen atoms in total. The average Bonchev–Trinajstić information content (AvgIpc) is 2.51. The molecule has 0 saturated heterocycles. The summed E-state index contributed by atoms with van der Waals surface area (Å²) in [6, 6.07) is 16.7. The van der Waals surface area contributed by atoms with Crippen molar-refractivity contribution in [2.24, 2.45) is 0 Å². The third-order valence-corrected chi connectivity index (χ3v) is 4.55. The lowest BCUT2D eigenvalue weighted by atomic mass is 9.76. The standard InChI is InChI=1S/C18H22N2/c19-16-10-11-18(20)17(12-16)15-8-6-14(7-9-15)13-4-2-1-3-5-13/h1-5,10-12,14-15H,6-9,19-20H2.